The molecule has 2 aromatic carbocycles. The highest BCUT2D eigenvalue weighted by Gasteiger charge is 2.19. The third kappa shape index (κ3) is 3.87. The predicted molar refractivity (Wildman–Crippen MR) is 103 cm³/mol. The number of likely N-dealkylation sites (tertiary alicyclic amines) is 1. The standard InChI is InChI=1S/C20H25N2OSi/c1-16-10-9-13-18(23-24(2)3)19(16)21-20(22-14-7-8-15-22)17-11-5-4-6-12-17/h4-6,9-13H,7-8,14-15H2,1-3H3. The lowest BCUT2D eigenvalue weighted by Gasteiger charge is -2.22. The Labute approximate surface area is 146 Å². The molecular formula is C20H25N2OSi. The Hall–Kier alpha value is -2.07. The van der Waals surface area contributed by atoms with E-state index < -0.39 is 9.04 Å². The molecule has 3 nitrogen and oxygen atoms in total. The average molecular weight is 338 g/mol. The molecule has 0 bridgehead atoms. The van der Waals surface area contributed by atoms with Crippen molar-refractivity contribution in [2.75, 3.05) is 13.1 Å². The summed E-state index contributed by atoms with van der Waals surface area (Å²) in [6.07, 6.45) is 2.47. The van der Waals surface area contributed by atoms with E-state index in [1.165, 1.54) is 18.4 Å². The smallest absolute Gasteiger partial charge is 0.274 e. The van der Waals surface area contributed by atoms with Crippen molar-refractivity contribution in [1.29, 1.82) is 0 Å². The number of nitrogens with zero attached hydrogens (tertiary/aromatic N) is 2. The van der Waals surface area contributed by atoms with Crippen molar-refractivity contribution < 1.29 is 4.43 Å². The molecular weight excluding hydrogens is 312 g/mol. The molecule has 1 heterocycles. The first-order valence-corrected chi connectivity index (χ1v) is 11.0. The Kier molecular flexibility index (Phi) is 5.36. The zero-order valence-corrected chi connectivity index (χ0v) is 15.7. The highest BCUT2D eigenvalue weighted by molar-refractivity contribution is 6.49. The SMILES string of the molecule is Cc1cccc(O[Si](C)C)c1N=C(c1ccccc1)N1CCCC1. The van der Waals surface area contributed by atoms with Crippen LogP contribution in [0.3, 0.4) is 0 Å². The van der Waals surface area contributed by atoms with E-state index in [-0.39, 0.29) is 0 Å². The fourth-order valence-electron chi connectivity index (χ4n) is 3.02. The van der Waals surface area contributed by atoms with Crippen LogP contribution >= 0.6 is 0 Å². The summed E-state index contributed by atoms with van der Waals surface area (Å²) >= 11 is 0. The lowest BCUT2D eigenvalue weighted by Crippen LogP contribution is -2.28. The number of amidine groups is 1. The van der Waals surface area contributed by atoms with Crippen LogP contribution in [0.25, 0.3) is 0 Å². The Morgan fingerprint density at radius 2 is 1.71 bits per heavy atom. The second-order valence-corrected chi connectivity index (χ2v) is 8.45. The summed E-state index contributed by atoms with van der Waals surface area (Å²) in [5.74, 6) is 1.97. The van der Waals surface area contributed by atoms with Crippen molar-refractivity contribution >= 4 is 20.6 Å². The van der Waals surface area contributed by atoms with E-state index in [0.717, 1.165) is 35.9 Å². The molecule has 0 N–H and O–H groups in total. The molecule has 24 heavy (non-hydrogen) atoms. The first-order valence-electron chi connectivity index (χ1n) is 8.62. The van der Waals surface area contributed by atoms with Crippen LogP contribution in [0.1, 0.15) is 24.0 Å². The van der Waals surface area contributed by atoms with Gasteiger partial charge in [0.25, 0.3) is 9.04 Å². The summed E-state index contributed by atoms with van der Waals surface area (Å²) in [4.78, 5) is 7.50. The molecule has 0 unspecified atom stereocenters. The van der Waals surface area contributed by atoms with Crippen molar-refractivity contribution in [3.8, 4) is 5.75 Å². The Morgan fingerprint density at radius 3 is 2.38 bits per heavy atom. The molecule has 3 rings (SSSR count). The second-order valence-electron chi connectivity index (χ2n) is 6.43. The molecule has 0 saturated carbocycles. The van der Waals surface area contributed by atoms with Crippen molar-refractivity contribution in [2.24, 2.45) is 4.99 Å². The maximum Gasteiger partial charge on any atom is 0.274 e. The molecule has 1 saturated heterocycles. The van der Waals surface area contributed by atoms with Gasteiger partial charge in [-0.05, 0) is 44.5 Å². The van der Waals surface area contributed by atoms with Crippen molar-refractivity contribution in [3.63, 3.8) is 0 Å². The third-order valence-corrected chi connectivity index (χ3v) is 4.80. The van der Waals surface area contributed by atoms with Crippen LogP contribution in [0, 0.1) is 6.92 Å². The lowest BCUT2D eigenvalue weighted by atomic mass is 10.1. The maximum absolute atomic E-state index is 6.10. The van der Waals surface area contributed by atoms with Gasteiger partial charge in [-0.25, -0.2) is 4.99 Å². The van der Waals surface area contributed by atoms with Gasteiger partial charge in [-0.1, -0.05) is 42.5 Å². The summed E-state index contributed by atoms with van der Waals surface area (Å²) in [7, 11) is -0.826. The Balaban J connectivity index is 2.08. The second kappa shape index (κ2) is 7.66. The van der Waals surface area contributed by atoms with Gasteiger partial charge in [-0.15, -0.1) is 0 Å². The van der Waals surface area contributed by atoms with Crippen molar-refractivity contribution in [2.45, 2.75) is 32.9 Å². The van der Waals surface area contributed by atoms with Crippen LogP contribution in [-0.4, -0.2) is 32.9 Å². The number of para-hydroxylation sites is 1. The zero-order valence-electron chi connectivity index (χ0n) is 14.7. The monoisotopic (exact) mass is 337 g/mol. The molecule has 4 heteroatoms. The number of hydrogen-bond donors (Lipinski definition) is 0. The Morgan fingerprint density at radius 1 is 1.00 bits per heavy atom. The van der Waals surface area contributed by atoms with E-state index in [9.17, 15) is 0 Å². The van der Waals surface area contributed by atoms with Crippen molar-refractivity contribution in [3.05, 3.63) is 59.7 Å². The zero-order chi connectivity index (χ0) is 16.9. The number of hydrogen-bond acceptors (Lipinski definition) is 2. The summed E-state index contributed by atoms with van der Waals surface area (Å²) < 4.78 is 6.10. The molecule has 125 valence electrons. The average Bonchev–Trinajstić information content (AvgIpc) is 3.09. The van der Waals surface area contributed by atoms with E-state index in [1.54, 1.807) is 0 Å². The minimum atomic E-state index is -0.826. The van der Waals surface area contributed by atoms with Gasteiger partial charge in [-0.3, -0.25) is 0 Å². The predicted octanol–water partition coefficient (Wildman–Crippen LogP) is 4.80. The van der Waals surface area contributed by atoms with E-state index in [2.05, 4.69) is 61.3 Å². The quantitative estimate of drug-likeness (QED) is 0.455. The number of aryl methyl sites for hydroxylation is 1. The van der Waals surface area contributed by atoms with Gasteiger partial charge in [0.05, 0.1) is 0 Å². The topological polar surface area (TPSA) is 24.8 Å². The molecule has 0 atom stereocenters. The van der Waals surface area contributed by atoms with Gasteiger partial charge >= 0.3 is 0 Å². The summed E-state index contributed by atoms with van der Waals surface area (Å²) in [6.45, 7) is 8.56. The molecule has 1 aliphatic rings. The summed E-state index contributed by atoms with van der Waals surface area (Å²) in [5.41, 5.74) is 3.30. The van der Waals surface area contributed by atoms with Gasteiger partial charge in [0.1, 0.15) is 17.3 Å². The van der Waals surface area contributed by atoms with E-state index in [0.29, 0.717) is 0 Å². The van der Waals surface area contributed by atoms with Crippen LogP contribution in [-0.2, 0) is 0 Å². The first kappa shape index (κ1) is 16.8. The molecule has 0 spiro atoms. The molecule has 1 fully saturated rings. The van der Waals surface area contributed by atoms with E-state index in [4.69, 9.17) is 9.42 Å². The minimum Gasteiger partial charge on any atom is -0.541 e. The van der Waals surface area contributed by atoms with Crippen LogP contribution in [0.15, 0.2) is 53.5 Å². The number of aliphatic imine (C=N–C) groups is 1. The highest BCUT2D eigenvalue weighted by Crippen LogP contribution is 2.33. The third-order valence-electron chi connectivity index (χ3n) is 4.17. The molecule has 1 aliphatic heterocycles. The fourth-order valence-corrected chi connectivity index (χ4v) is 3.62. The van der Waals surface area contributed by atoms with Gasteiger partial charge in [0.15, 0.2) is 0 Å². The van der Waals surface area contributed by atoms with Gasteiger partial charge in [0, 0.05) is 18.7 Å². The van der Waals surface area contributed by atoms with Gasteiger partial charge in [-0.2, -0.15) is 0 Å². The highest BCUT2D eigenvalue weighted by atomic mass is 28.3. The minimum absolute atomic E-state index is 0.826. The maximum atomic E-state index is 6.10. The van der Waals surface area contributed by atoms with Gasteiger partial charge in [0.2, 0.25) is 0 Å². The van der Waals surface area contributed by atoms with Gasteiger partial charge < -0.3 is 9.33 Å². The Bertz CT molecular complexity index is 707. The molecule has 0 aromatic heterocycles. The molecule has 0 amide bonds. The van der Waals surface area contributed by atoms with Crippen LogP contribution in [0.4, 0.5) is 5.69 Å². The summed E-state index contributed by atoms with van der Waals surface area (Å²) in [5, 5.41) is 0. The lowest BCUT2D eigenvalue weighted by molar-refractivity contribution is 0.520. The van der Waals surface area contributed by atoms with E-state index in [1.807, 2.05) is 12.1 Å². The molecule has 0 aliphatic carbocycles. The largest absolute Gasteiger partial charge is 0.541 e. The fraction of sp³-hybridized carbons (Fsp3) is 0.350. The van der Waals surface area contributed by atoms with Crippen molar-refractivity contribution in [1.82, 2.24) is 4.90 Å². The van der Waals surface area contributed by atoms with E-state index >= 15 is 0 Å². The van der Waals surface area contributed by atoms with Crippen LogP contribution in [0.5, 0.6) is 5.75 Å². The normalized spacial score (nSPS) is 15.2. The van der Waals surface area contributed by atoms with Crippen LogP contribution in [0.2, 0.25) is 13.1 Å². The molecule has 1 radical (unpaired) electrons. The summed E-state index contributed by atoms with van der Waals surface area (Å²) in [6, 6.07) is 16.7. The molecule has 2 aromatic rings. The number of rotatable bonds is 4. The number of benzene rings is 2. The van der Waals surface area contributed by atoms with Crippen LogP contribution < -0.4 is 4.43 Å². The first-order chi connectivity index (χ1) is 11.6.